The van der Waals surface area contributed by atoms with Crippen molar-refractivity contribution >= 4 is 60.7 Å². The Morgan fingerprint density at radius 2 is 0.633 bits per heavy atom. The molecule has 3 heterocycles. The van der Waals surface area contributed by atoms with Crippen LogP contribution in [0.25, 0.3) is 77.2 Å². The lowest BCUT2D eigenvalue weighted by Crippen LogP contribution is -2.30. The van der Waals surface area contributed by atoms with Crippen LogP contribution in [0.1, 0.15) is 25.0 Å². The largest absolute Gasteiger partial charge is 0.310 e. The van der Waals surface area contributed by atoms with Gasteiger partial charge in [-0.15, -0.1) is 0 Å². The highest BCUT2D eigenvalue weighted by molar-refractivity contribution is 6.10. The standard InChI is InChI=1S/C57H41N3/c1-57(2)49-19-7-13-25-55(49)60(56-26-14-8-20-50(56)57)44-36-40(38-27-31-42(32-28-38)58-51-21-9-3-15-45(51)46-16-4-10-22-52(46)58)35-41(37-44)39-29-33-43(34-30-39)59-53-23-11-5-17-47(53)48-18-6-12-24-54(48)59/h3-37H,1-2H3. The van der Waals surface area contributed by atoms with Crippen molar-refractivity contribution in [3.8, 4) is 33.6 Å². The van der Waals surface area contributed by atoms with Gasteiger partial charge < -0.3 is 14.0 Å². The molecule has 0 unspecified atom stereocenters. The number of hydrogen-bond donors (Lipinski definition) is 0. The van der Waals surface area contributed by atoms with E-state index in [9.17, 15) is 0 Å². The number of para-hydroxylation sites is 6. The first-order chi connectivity index (χ1) is 29.5. The molecule has 3 nitrogen and oxygen atoms in total. The van der Waals surface area contributed by atoms with E-state index < -0.39 is 0 Å². The maximum Gasteiger partial charge on any atom is 0.0541 e. The zero-order chi connectivity index (χ0) is 40.0. The van der Waals surface area contributed by atoms with E-state index in [0.29, 0.717) is 0 Å². The minimum absolute atomic E-state index is 0.143. The number of hydrogen-bond acceptors (Lipinski definition) is 1. The molecule has 2 aromatic heterocycles. The van der Waals surface area contributed by atoms with Gasteiger partial charge in [0.25, 0.3) is 0 Å². The highest BCUT2D eigenvalue weighted by Gasteiger charge is 2.36. The van der Waals surface area contributed by atoms with Gasteiger partial charge in [-0.25, -0.2) is 0 Å². The van der Waals surface area contributed by atoms with Crippen molar-refractivity contribution in [2.45, 2.75) is 19.3 Å². The fourth-order valence-corrected chi connectivity index (χ4v) is 10.0. The van der Waals surface area contributed by atoms with Crippen LogP contribution in [-0.4, -0.2) is 9.13 Å². The van der Waals surface area contributed by atoms with Crippen molar-refractivity contribution < 1.29 is 0 Å². The van der Waals surface area contributed by atoms with Gasteiger partial charge in [-0.1, -0.05) is 147 Å². The van der Waals surface area contributed by atoms with E-state index in [0.717, 1.165) is 17.1 Å². The van der Waals surface area contributed by atoms with Crippen LogP contribution < -0.4 is 4.90 Å². The lowest BCUT2D eigenvalue weighted by atomic mass is 9.73. The van der Waals surface area contributed by atoms with Crippen molar-refractivity contribution in [1.82, 2.24) is 9.13 Å². The molecule has 0 fully saturated rings. The maximum atomic E-state index is 2.47. The minimum atomic E-state index is -0.143. The number of benzene rings is 9. The Balaban J connectivity index is 1.03. The summed E-state index contributed by atoms with van der Waals surface area (Å²) in [5.41, 5.74) is 17.9. The second-order valence-corrected chi connectivity index (χ2v) is 16.6. The van der Waals surface area contributed by atoms with E-state index in [1.807, 2.05) is 0 Å². The molecule has 284 valence electrons. The number of rotatable bonds is 5. The monoisotopic (exact) mass is 767 g/mol. The predicted octanol–water partition coefficient (Wildman–Crippen LogP) is 15.3. The van der Waals surface area contributed by atoms with E-state index in [1.54, 1.807) is 0 Å². The highest BCUT2D eigenvalue weighted by Crippen LogP contribution is 2.52. The average Bonchev–Trinajstić information content (AvgIpc) is 3.82. The molecule has 0 aliphatic carbocycles. The topological polar surface area (TPSA) is 13.1 Å². The SMILES string of the molecule is CC1(C)c2ccccc2N(c2cc(-c3ccc(-n4c5ccccc5c5ccccc54)cc3)cc(-c3ccc(-n4c5ccccc5c5ccccc54)cc3)c2)c2ccccc21. The fourth-order valence-electron chi connectivity index (χ4n) is 10.0. The first-order valence-electron chi connectivity index (χ1n) is 20.9. The first kappa shape index (κ1) is 34.4. The Hall–Kier alpha value is -7.62. The summed E-state index contributed by atoms with van der Waals surface area (Å²) < 4.78 is 4.77. The third kappa shape index (κ3) is 5.15. The van der Waals surface area contributed by atoms with Crippen molar-refractivity contribution in [2.24, 2.45) is 0 Å². The minimum Gasteiger partial charge on any atom is -0.310 e. The number of aromatic nitrogens is 2. The molecule has 11 aromatic rings. The predicted molar refractivity (Wildman–Crippen MR) is 253 cm³/mol. The van der Waals surface area contributed by atoms with Crippen LogP contribution >= 0.6 is 0 Å². The summed E-state index contributed by atoms with van der Waals surface area (Å²) >= 11 is 0. The van der Waals surface area contributed by atoms with Crippen LogP contribution in [0.5, 0.6) is 0 Å². The van der Waals surface area contributed by atoms with Gasteiger partial charge in [0, 0.05) is 44.0 Å². The zero-order valence-electron chi connectivity index (χ0n) is 33.5. The van der Waals surface area contributed by atoms with Crippen LogP contribution in [0.4, 0.5) is 17.1 Å². The van der Waals surface area contributed by atoms with Crippen LogP contribution in [0, 0.1) is 0 Å². The van der Waals surface area contributed by atoms with Crippen molar-refractivity contribution in [2.75, 3.05) is 4.90 Å². The first-order valence-corrected chi connectivity index (χ1v) is 20.9. The van der Waals surface area contributed by atoms with Gasteiger partial charge in [-0.05, 0) is 112 Å². The molecule has 0 atom stereocenters. The lowest BCUT2D eigenvalue weighted by Gasteiger charge is -2.42. The molecule has 0 radical (unpaired) electrons. The third-order valence-electron chi connectivity index (χ3n) is 12.9. The zero-order valence-corrected chi connectivity index (χ0v) is 33.5. The molecule has 0 amide bonds. The molecule has 12 rings (SSSR count). The Bertz CT molecular complexity index is 3120. The van der Waals surface area contributed by atoms with Gasteiger partial charge in [0.05, 0.1) is 33.4 Å². The van der Waals surface area contributed by atoms with E-state index >= 15 is 0 Å². The third-order valence-corrected chi connectivity index (χ3v) is 12.9. The van der Waals surface area contributed by atoms with Crippen molar-refractivity contribution in [3.05, 3.63) is 223 Å². The lowest BCUT2D eigenvalue weighted by molar-refractivity contribution is 0.632. The molecule has 1 aliphatic heterocycles. The summed E-state index contributed by atoms with van der Waals surface area (Å²) in [6.45, 7) is 4.70. The Morgan fingerprint density at radius 3 is 1.02 bits per heavy atom. The van der Waals surface area contributed by atoms with Gasteiger partial charge in [0.2, 0.25) is 0 Å². The second-order valence-electron chi connectivity index (χ2n) is 16.6. The summed E-state index contributed by atoms with van der Waals surface area (Å²) in [5, 5.41) is 5.07. The Labute approximate surface area is 349 Å². The molecule has 3 heteroatoms. The van der Waals surface area contributed by atoms with Gasteiger partial charge in [-0.3, -0.25) is 0 Å². The van der Waals surface area contributed by atoms with Crippen LogP contribution in [0.2, 0.25) is 0 Å². The number of fused-ring (bicyclic) bond motifs is 8. The van der Waals surface area contributed by atoms with E-state index in [1.165, 1.54) is 88.4 Å². The van der Waals surface area contributed by atoms with Crippen LogP contribution in [0.15, 0.2) is 212 Å². The van der Waals surface area contributed by atoms with Gasteiger partial charge in [0.1, 0.15) is 0 Å². The van der Waals surface area contributed by atoms with E-state index in [2.05, 4.69) is 240 Å². The molecule has 60 heavy (non-hydrogen) atoms. The summed E-state index contributed by atoms with van der Waals surface area (Å²) in [7, 11) is 0. The molecule has 0 saturated carbocycles. The van der Waals surface area contributed by atoms with Gasteiger partial charge in [-0.2, -0.15) is 0 Å². The quantitative estimate of drug-likeness (QED) is 0.170. The smallest absolute Gasteiger partial charge is 0.0541 e. The van der Waals surface area contributed by atoms with Crippen LogP contribution in [0.3, 0.4) is 0 Å². The van der Waals surface area contributed by atoms with E-state index in [-0.39, 0.29) is 5.41 Å². The van der Waals surface area contributed by atoms with Crippen LogP contribution in [-0.2, 0) is 5.41 Å². The summed E-state index contributed by atoms with van der Waals surface area (Å²) in [6.07, 6.45) is 0. The Kier molecular flexibility index (Phi) is 7.58. The maximum absolute atomic E-state index is 2.47. The van der Waals surface area contributed by atoms with Gasteiger partial charge in [0.15, 0.2) is 0 Å². The summed E-state index contributed by atoms with van der Waals surface area (Å²) in [5.74, 6) is 0. The molecular weight excluding hydrogens is 727 g/mol. The number of nitrogens with zero attached hydrogens (tertiary/aromatic N) is 3. The fraction of sp³-hybridized carbons (Fsp3) is 0.0526. The van der Waals surface area contributed by atoms with Crippen molar-refractivity contribution in [1.29, 1.82) is 0 Å². The Morgan fingerprint density at radius 1 is 0.300 bits per heavy atom. The molecule has 0 spiro atoms. The molecular formula is C57H41N3. The molecule has 0 bridgehead atoms. The van der Waals surface area contributed by atoms with Gasteiger partial charge >= 0.3 is 0 Å². The molecule has 1 aliphatic rings. The number of anilines is 3. The summed E-state index contributed by atoms with van der Waals surface area (Å²) in [6, 6.07) is 78.0. The summed E-state index contributed by atoms with van der Waals surface area (Å²) in [4.78, 5) is 2.47. The second kappa shape index (κ2) is 13.2. The molecule has 9 aromatic carbocycles. The highest BCUT2D eigenvalue weighted by atomic mass is 15.2. The molecule has 0 saturated heterocycles. The molecule has 0 N–H and O–H groups in total. The van der Waals surface area contributed by atoms with Crippen molar-refractivity contribution in [3.63, 3.8) is 0 Å². The van der Waals surface area contributed by atoms with E-state index in [4.69, 9.17) is 0 Å². The average molecular weight is 768 g/mol. The normalized spacial score (nSPS) is 13.3.